The van der Waals surface area contributed by atoms with Crippen LogP contribution in [0.2, 0.25) is 0 Å². The summed E-state index contributed by atoms with van der Waals surface area (Å²) in [6, 6.07) is 12.6. The number of nitrogens with zero attached hydrogens (tertiary/aromatic N) is 1. The molecule has 0 radical (unpaired) electrons. The molecule has 1 atom stereocenters. The van der Waals surface area contributed by atoms with E-state index in [0.29, 0.717) is 10.8 Å². The largest absolute Gasteiger partial charge is 0.405 e. The topological polar surface area (TPSA) is 83.1 Å². The van der Waals surface area contributed by atoms with Gasteiger partial charge in [0, 0.05) is 11.3 Å². The molecular formula is C19H17F3N4O2S. The molecule has 0 saturated heterocycles. The number of amides is 2. The smallest absolute Gasteiger partial charge is 0.350 e. The molecule has 152 valence electrons. The molecule has 2 amide bonds. The number of fused-ring (bicyclic) bond motifs is 1. The number of alkyl halides is 3. The van der Waals surface area contributed by atoms with E-state index in [2.05, 4.69) is 15.6 Å². The fourth-order valence-electron chi connectivity index (χ4n) is 2.46. The maximum absolute atomic E-state index is 12.4. The Balaban J connectivity index is 1.61. The summed E-state index contributed by atoms with van der Waals surface area (Å²) in [5, 5.41) is 8.04. The molecule has 3 N–H and O–H groups in total. The summed E-state index contributed by atoms with van der Waals surface area (Å²) >= 11 is 1.42. The van der Waals surface area contributed by atoms with Crippen molar-refractivity contribution in [1.82, 2.24) is 10.3 Å². The van der Waals surface area contributed by atoms with Gasteiger partial charge in [-0.25, -0.2) is 4.98 Å². The predicted molar refractivity (Wildman–Crippen MR) is 106 cm³/mol. The van der Waals surface area contributed by atoms with Gasteiger partial charge in [0.15, 0.2) is 5.13 Å². The number of anilines is 2. The fraction of sp³-hybridized carbons (Fsp3) is 0.211. The third-order valence-electron chi connectivity index (χ3n) is 3.87. The van der Waals surface area contributed by atoms with Gasteiger partial charge < -0.3 is 16.0 Å². The van der Waals surface area contributed by atoms with Crippen molar-refractivity contribution in [3.05, 3.63) is 54.1 Å². The molecule has 1 unspecified atom stereocenters. The van der Waals surface area contributed by atoms with Crippen LogP contribution < -0.4 is 16.0 Å². The minimum Gasteiger partial charge on any atom is -0.350 e. The summed E-state index contributed by atoms with van der Waals surface area (Å²) in [5.41, 5.74) is 1.14. The number of para-hydroxylation sites is 1. The number of rotatable bonds is 6. The van der Waals surface area contributed by atoms with Crippen LogP contribution in [0.3, 0.4) is 0 Å². The summed E-state index contributed by atoms with van der Waals surface area (Å²) in [6.07, 6.45) is -4.50. The van der Waals surface area contributed by atoms with Gasteiger partial charge in [-0.15, -0.1) is 0 Å². The van der Waals surface area contributed by atoms with Crippen LogP contribution in [0.25, 0.3) is 10.2 Å². The number of benzene rings is 2. The van der Waals surface area contributed by atoms with Crippen molar-refractivity contribution >= 4 is 44.2 Å². The summed E-state index contributed by atoms with van der Waals surface area (Å²) in [4.78, 5) is 28.7. The fourth-order valence-corrected chi connectivity index (χ4v) is 3.41. The summed E-state index contributed by atoms with van der Waals surface area (Å²) < 4.78 is 37.7. The van der Waals surface area contributed by atoms with Crippen molar-refractivity contribution in [2.24, 2.45) is 0 Å². The molecule has 0 fully saturated rings. The van der Waals surface area contributed by atoms with Gasteiger partial charge in [0.25, 0.3) is 5.91 Å². The lowest BCUT2D eigenvalue weighted by Gasteiger charge is -2.14. The third-order valence-corrected chi connectivity index (χ3v) is 4.84. The number of carbonyl (C=O) groups is 2. The van der Waals surface area contributed by atoms with Gasteiger partial charge in [-0.1, -0.05) is 29.5 Å². The predicted octanol–water partition coefficient (Wildman–Crippen LogP) is 4.03. The Kier molecular flexibility index (Phi) is 6.02. The van der Waals surface area contributed by atoms with E-state index >= 15 is 0 Å². The van der Waals surface area contributed by atoms with Gasteiger partial charge in [-0.2, -0.15) is 13.2 Å². The highest BCUT2D eigenvalue weighted by atomic mass is 32.1. The highest BCUT2D eigenvalue weighted by Crippen LogP contribution is 2.26. The second-order valence-electron chi connectivity index (χ2n) is 6.22. The lowest BCUT2D eigenvalue weighted by atomic mass is 10.2. The zero-order chi connectivity index (χ0) is 21.0. The average Bonchev–Trinajstić information content (AvgIpc) is 3.08. The van der Waals surface area contributed by atoms with Crippen molar-refractivity contribution in [3.63, 3.8) is 0 Å². The van der Waals surface area contributed by atoms with Crippen LogP contribution in [-0.4, -0.2) is 35.6 Å². The van der Waals surface area contributed by atoms with E-state index in [0.717, 1.165) is 10.2 Å². The first kappa shape index (κ1) is 20.6. The summed E-state index contributed by atoms with van der Waals surface area (Å²) in [6.45, 7) is 0.229. The molecule has 6 nitrogen and oxygen atoms in total. The van der Waals surface area contributed by atoms with Crippen LogP contribution in [0, 0.1) is 0 Å². The van der Waals surface area contributed by atoms with Crippen LogP contribution >= 0.6 is 11.3 Å². The maximum atomic E-state index is 12.4. The molecule has 29 heavy (non-hydrogen) atoms. The minimum absolute atomic E-state index is 0.0128. The quantitative estimate of drug-likeness (QED) is 0.560. The standard InChI is InChI=1S/C19H17F3N4O2S/c1-11(24-18-26-14-7-2-3-8-15(14)29-18)16(27)25-13-6-4-5-12(9-13)17(28)23-10-19(20,21)22/h2-9,11H,10H2,1H3,(H,23,28)(H,24,26)(H,25,27). The number of carbonyl (C=O) groups excluding carboxylic acids is 2. The zero-order valence-corrected chi connectivity index (χ0v) is 16.0. The molecule has 2 aromatic carbocycles. The van der Waals surface area contributed by atoms with E-state index in [9.17, 15) is 22.8 Å². The molecule has 1 aromatic heterocycles. The lowest BCUT2D eigenvalue weighted by Crippen LogP contribution is -2.34. The van der Waals surface area contributed by atoms with E-state index < -0.39 is 24.7 Å². The van der Waals surface area contributed by atoms with Crippen LogP contribution in [0.1, 0.15) is 17.3 Å². The van der Waals surface area contributed by atoms with Gasteiger partial charge in [0.05, 0.1) is 10.2 Å². The summed E-state index contributed by atoms with van der Waals surface area (Å²) in [5.74, 6) is -1.25. The molecule has 0 saturated carbocycles. The second kappa shape index (κ2) is 8.48. The Morgan fingerprint density at radius 3 is 2.62 bits per heavy atom. The van der Waals surface area contributed by atoms with E-state index in [4.69, 9.17) is 0 Å². The number of hydrogen-bond acceptors (Lipinski definition) is 5. The minimum atomic E-state index is -4.50. The van der Waals surface area contributed by atoms with E-state index in [1.54, 1.807) is 18.3 Å². The van der Waals surface area contributed by atoms with Gasteiger partial charge >= 0.3 is 6.18 Å². The first-order valence-electron chi connectivity index (χ1n) is 8.59. The Morgan fingerprint density at radius 2 is 1.90 bits per heavy atom. The molecule has 0 aliphatic carbocycles. The van der Waals surface area contributed by atoms with Crippen LogP contribution in [0.15, 0.2) is 48.5 Å². The molecule has 10 heteroatoms. The number of hydrogen-bond donors (Lipinski definition) is 3. The maximum Gasteiger partial charge on any atom is 0.405 e. The van der Waals surface area contributed by atoms with Gasteiger partial charge in [-0.3, -0.25) is 9.59 Å². The van der Waals surface area contributed by atoms with E-state index in [1.807, 2.05) is 24.3 Å². The number of aromatic nitrogens is 1. The zero-order valence-electron chi connectivity index (χ0n) is 15.2. The van der Waals surface area contributed by atoms with Crippen molar-refractivity contribution in [1.29, 1.82) is 0 Å². The molecule has 0 aliphatic rings. The second-order valence-corrected chi connectivity index (χ2v) is 7.25. The van der Waals surface area contributed by atoms with Crippen molar-refractivity contribution in [2.75, 3.05) is 17.2 Å². The SMILES string of the molecule is CC(Nc1nc2ccccc2s1)C(=O)Nc1cccc(C(=O)NCC(F)(F)F)c1. The normalized spacial score (nSPS) is 12.4. The first-order chi connectivity index (χ1) is 13.7. The van der Waals surface area contributed by atoms with Crippen LogP contribution in [0.5, 0.6) is 0 Å². The van der Waals surface area contributed by atoms with Crippen LogP contribution in [-0.2, 0) is 4.79 Å². The van der Waals surface area contributed by atoms with E-state index in [-0.39, 0.29) is 11.5 Å². The highest BCUT2D eigenvalue weighted by Gasteiger charge is 2.28. The first-order valence-corrected chi connectivity index (χ1v) is 9.41. The third kappa shape index (κ3) is 5.67. The van der Waals surface area contributed by atoms with Gasteiger partial charge in [0.1, 0.15) is 12.6 Å². The van der Waals surface area contributed by atoms with Gasteiger partial charge in [0.2, 0.25) is 5.91 Å². The number of nitrogens with one attached hydrogen (secondary N) is 3. The molecule has 0 spiro atoms. The monoisotopic (exact) mass is 422 g/mol. The Hall–Kier alpha value is -3.14. The van der Waals surface area contributed by atoms with E-state index in [1.165, 1.54) is 29.5 Å². The molecule has 0 aliphatic heterocycles. The number of thiazole rings is 1. The highest BCUT2D eigenvalue weighted by molar-refractivity contribution is 7.22. The summed E-state index contributed by atoms with van der Waals surface area (Å²) in [7, 11) is 0. The Morgan fingerprint density at radius 1 is 1.14 bits per heavy atom. The molecule has 3 rings (SSSR count). The number of halogens is 3. The lowest BCUT2D eigenvalue weighted by molar-refractivity contribution is -0.123. The van der Waals surface area contributed by atoms with Crippen molar-refractivity contribution in [3.8, 4) is 0 Å². The van der Waals surface area contributed by atoms with Crippen molar-refractivity contribution < 1.29 is 22.8 Å². The molecular weight excluding hydrogens is 405 g/mol. The molecule has 0 bridgehead atoms. The molecule has 1 heterocycles. The van der Waals surface area contributed by atoms with Gasteiger partial charge in [-0.05, 0) is 37.3 Å². The van der Waals surface area contributed by atoms with Crippen molar-refractivity contribution in [2.45, 2.75) is 19.1 Å². The average molecular weight is 422 g/mol. The Labute approximate surface area is 168 Å². The Bertz CT molecular complexity index is 1000. The molecule has 3 aromatic rings. The van der Waals surface area contributed by atoms with Crippen LogP contribution in [0.4, 0.5) is 24.0 Å².